The van der Waals surface area contributed by atoms with Gasteiger partial charge in [-0.2, -0.15) is 10.5 Å². The van der Waals surface area contributed by atoms with Crippen LogP contribution in [0.15, 0.2) is 24.3 Å². The Morgan fingerprint density at radius 2 is 0.895 bits per heavy atom. The molecule has 0 aliphatic rings. The van der Waals surface area contributed by atoms with Crippen molar-refractivity contribution in [1.82, 2.24) is 0 Å². The van der Waals surface area contributed by atoms with Crippen LogP contribution in [0, 0.1) is 10.8 Å². The van der Waals surface area contributed by atoms with Crippen molar-refractivity contribution in [3.8, 4) is 0 Å². The third-order valence-electron chi connectivity index (χ3n) is 6.09. The van der Waals surface area contributed by atoms with Crippen molar-refractivity contribution in [2.24, 2.45) is 10.8 Å². The van der Waals surface area contributed by atoms with Crippen molar-refractivity contribution in [2.45, 2.75) is 145 Å². The van der Waals surface area contributed by atoms with Crippen LogP contribution < -0.4 is 0 Å². The predicted molar refractivity (Wildman–Crippen MR) is 157 cm³/mol. The number of hydrogen-bond donors (Lipinski definition) is 2. The van der Waals surface area contributed by atoms with Gasteiger partial charge in [0.15, 0.2) is 0 Å². The van der Waals surface area contributed by atoms with Crippen LogP contribution in [0.1, 0.15) is 156 Å². The fourth-order valence-corrected chi connectivity index (χ4v) is 3.56. The molecule has 0 saturated carbocycles. The summed E-state index contributed by atoms with van der Waals surface area (Å²) in [6.07, 6.45) is 8.87. The minimum atomic E-state index is -0.532. The first kappa shape index (κ1) is 38.2. The van der Waals surface area contributed by atoms with Gasteiger partial charge in [-0.15, -0.1) is 0 Å². The molecule has 1 aromatic carbocycles. The van der Waals surface area contributed by atoms with Crippen LogP contribution in [0.25, 0.3) is 0 Å². The van der Waals surface area contributed by atoms with E-state index in [2.05, 4.69) is 103 Å². The van der Waals surface area contributed by atoms with E-state index in [1.54, 1.807) is 0 Å². The number of benzene rings is 1. The zero-order valence-electron chi connectivity index (χ0n) is 26.1. The Kier molecular flexibility index (Phi) is 21.1. The monoisotopic (exact) mass is 538 g/mol. The molecule has 0 bridgehead atoms. The lowest BCUT2D eigenvalue weighted by molar-refractivity contribution is -0.234. The number of hydrogen-bond acceptors (Lipinski definition) is 6. The van der Waals surface area contributed by atoms with Crippen molar-refractivity contribution >= 4 is 11.9 Å². The van der Waals surface area contributed by atoms with Crippen molar-refractivity contribution in [2.75, 3.05) is 0 Å². The van der Waals surface area contributed by atoms with Gasteiger partial charge in [-0.25, -0.2) is 9.59 Å². The van der Waals surface area contributed by atoms with Crippen LogP contribution >= 0.6 is 0 Å². The first-order valence-electron chi connectivity index (χ1n) is 14.3. The van der Waals surface area contributed by atoms with Gasteiger partial charge in [-0.1, -0.05) is 119 Å². The van der Waals surface area contributed by atoms with Crippen LogP contribution in [0.5, 0.6) is 0 Å². The molecule has 2 N–H and O–H groups in total. The zero-order valence-corrected chi connectivity index (χ0v) is 26.1. The lowest BCUT2D eigenvalue weighted by atomic mass is 9.89. The molecule has 0 aliphatic heterocycles. The van der Waals surface area contributed by atoms with Gasteiger partial charge < -0.3 is 9.78 Å². The van der Waals surface area contributed by atoms with Crippen LogP contribution in [-0.2, 0) is 19.4 Å². The normalized spacial score (nSPS) is 11.3. The second-order valence-corrected chi connectivity index (χ2v) is 13.1. The molecule has 0 radical (unpaired) electrons. The molecule has 0 unspecified atom stereocenters. The van der Waals surface area contributed by atoms with Gasteiger partial charge in [0.1, 0.15) is 0 Å². The summed E-state index contributed by atoms with van der Waals surface area (Å²) in [5.41, 5.74) is 3.61. The molecule has 1 aromatic rings. The average Bonchev–Trinajstić information content (AvgIpc) is 2.82. The van der Waals surface area contributed by atoms with E-state index in [0.29, 0.717) is 35.5 Å². The molecule has 0 aliphatic carbocycles. The molecule has 0 atom stereocenters. The summed E-state index contributed by atoms with van der Waals surface area (Å²) in [6.45, 7) is 22.1. The topological polar surface area (TPSA) is 93.1 Å². The SMILES string of the molecule is CC(C)(C)CCCCCC(=O)OO.CC(C)(C)CCCCCC(=O)OO.CC(C)c1ccc(C(C)C)cc1. The van der Waals surface area contributed by atoms with E-state index in [0.717, 1.165) is 38.5 Å². The van der Waals surface area contributed by atoms with Crippen LogP contribution in [0.3, 0.4) is 0 Å². The van der Waals surface area contributed by atoms with Gasteiger partial charge in [0.25, 0.3) is 0 Å². The third-order valence-corrected chi connectivity index (χ3v) is 6.09. The third kappa shape index (κ3) is 25.7. The number of carbonyl (C=O) groups is 2. The maximum Gasteiger partial charge on any atom is 0.342 e. The summed E-state index contributed by atoms with van der Waals surface area (Å²) in [5.74, 6) is 0.226. The van der Waals surface area contributed by atoms with E-state index in [-0.39, 0.29) is 0 Å². The molecule has 222 valence electrons. The standard InChI is InChI=1S/C12H18.2C10H20O3/c1-9(2)11-5-7-12(8-6-11)10(3)4;2*1-10(2,3)8-6-4-5-7-9(11)13-12/h5-10H,1-4H3;2*12H,4-8H2,1-3H3. The maximum absolute atomic E-state index is 10.5. The van der Waals surface area contributed by atoms with Crippen LogP contribution in [0.4, 0.5) is 0 Å². The van der Waals surface area contributed by atoms with E-state index >= 15 is 0 Å². The minimum Gasteiger partial charge on any atom is -0.301 e. The first-order valence-corrected chi connectivity index (χ1v) is 14.3. The molecule has 6 nitrogen and oxygen atoms in total. The van der Waals surface area contributed by atoms with E-state index in [4.69, 9.17) is 10.5 Å². The Morgan fingerprint density at radius 1 is 0.605 bits per heavy atom. The molecule has 0 amide bonds. The van der Waals surface area contributed by atoms with Crippen LogP contribution in [-0.4, -0.2) is 22.5 Å². The summed E-state index contributed by atoms with van der Waals surface area (Å²) in [4.78, 5) is 28.1. The highest BCUT2D eigenvalue weighted by Crippen LogP contribution is 2.23. The van der Waals surface area contributed by atoms with E-state index in [1.807, 2.05) is 0 Å². The van der Waals surface area contributed by atoms with Gasteiger partial charge in [0.05, 0.1) is 0 Å². The number of rotatable bonds is 12. The number of unbranched alkanes of at least 4 members (excludes halogenated alkanes) is 4. The van der Waals surface area contributed by atoms with Gasteiger partial charge in [-0.05, 0) is 59.5 Å². The van der Waals surface area contributed by atoms with Crippen molar-refractivity contribution in [3.05, 3.63) is 35.4 Å². The molecule has 6 heteroatoms. The minimum absolute atomic E-state index is 0.320. The summed E-state index contributed by atoms with van der Waals surface area (Å²) in [6, 6.07) is 8.94. The molecule has 0 fully saturated rings. The lowest BCUT2D eigenvalue weighted by Gasteiger charge is -2.17. The van der Waals surface area contributed by atoms with Gasteiger partial charge in [0, 0.05) is 12.8 Å². The van der Waals surface area contributed by atoms with E-state index in [1.165, 1.54) is 24.0 Å². The Hall–Kier alpha value is -1.92. The summed E-state index contributed by atoms with van der Waals surface area (Å²) in [7, 11) is 0. The van der Waals surface area contributed by atoms with Crippen molar-refractivity contribution in [1.29, 1.82) is 0 Å². The fourth-order valence-electron chi connectivity index (χ4n) is 3.56. The highest BCUT2D eigenvalue weighted by Gasteiger charge is 2.10. The summed E-state index contributed by atoms with van der Waals surface area (Å²) >= 11 is 0. The molecule has 0 heterocycles. The Labute approximate surface area is 233 Å². The van der Waals surface area contributed by atoms with Crippen molar-refractivity contribution in [3.63, 3.8) is 0 Å². The largest absolute Gasteiger partial charge is 0.342 e. The molecule has 0 saturated heterocycles. The molecular formula is C32H58O6. The molecular weight excluding hydrogens is 480 g/mol. The Morgan fingerprint density at radius 3 is 1.11 bits per heavy atom. The molecule has 38 heavy (non-hydrogen) atoms. The van der Waals surface area contributed by atoms with Crippen LogP contribution in [0.2, 0.25) is 0 Å². The maximum atomic E-state index is 10.5. The summed E-state index contributed by atoms with van der Waals surface area (Å²) in [5, 5.41) is 15.9. The highest BCUT2D eigenvalue weighted by atomic mass is 17.1. The second-order valence-electron chi connectivity index (χ2n) is 13.1. The average molecular weight is 539 g/mol. The van der Waals surface area contributed by atoms with E-state index < -0.39 is 11.9 Å². The van der Waals surface area contributed by atoms with E-state index in [9.17, 15) is 9.59 Å². The van der Waals surface area contributed by atoms with Gasteiger partial charge in [0.2, 0.25) is 0 Å². The Balaban J connectivity index is 0. The quantitative estimate of drug-likeness (QED) is 0.156. The highest BCUT2D eigenvalue weighted by molar-refractivity contribution is 5.68. The molecule has 0 spiro atoms. The lowest BCUT2D eigenvalue weighted by Crippen LogP contribution is -2.04. The predicted octanol–water partition coefficient (Wildman–Crippen LogP) is 9.93. The molecule has 1 rings (SSSR count). The fraction of sp³-hybridized carbons (Fsp3) is 0.750. The second kappa shape index (κ2) is 21.0. The molecule has 0 aromatic heterocycles. The number of carbonyl (C=O) groups excluding carboxylic acids is 2. The van der Waals surface area contributed by atoms with Gasteiger partial charge >= 0.3 is 11.9 Å². The Bertz CT molecular complexity index is 661. The van der Waals surface area contributed by atoms with Gasteiger partial charge in [-0.3, -0.25) is 0 Å². The summed E-state index contributed by atoms with van der Waals surface area (Å²) < 4.78 is 0. The smallest absolute Gasteiger partial charge is 0.301 e. The van der Waals surface area contributed by atoms with Crippen molar-refractivity contribution < 1.29 is 29.9 Å². The first-order chi connectivity index (χ1) is 17.5. The zero-order chi connectivity index (χ0) is 29.8.